The zero-order valence-corrected chi connectivity index (χ0v) is 15.4. The average Bonchev–Trinajstić information content (AvgIpc) is 2.86. The summed E-state index contributed by atoms with van der Waals surface area (Å²) in [7, 11) is 1.90. The minimum atomic E-state index is -4.86. The Morgan fingerprint density at radius 2 is 1.74 bits per heavy atom. The van der Waals surface area contributed by atoms with E-state index in [1.807, 2.05) is 68.6 Å². The van der Waals surface area contributed by atoms with Crippen LogP contribution < -0.4 is 0 Å². The fourth-order valence-corrected chi connectivity index (χ4v) is 3.69. The molecule has 144 valence electrons. The summed E-state index contributed by atoms with van der Waals surface area (Å²) in [4.78, 5) is 14.9. The van der Waals surface area contributed by atoms with Crippen molar-refractivity contribution < 1.29 is 18.0 Å². The van der Waals surface area contributed by atoms with Crippen molar-refractivity contribution in [2.45, 2.75) is 31.6 Å². The molecule has 0 saturated carbocycles. The molecule has 1 aliphatic rings. The van der Waals surface area contributed by atoms with Gasteiger partial charge >= 0.3 is 12.1 Å². The van der Waals surface area contributed by atoms with E-state index in [1.54, 1.807) is 0 Å². The van der Waals surface area contributed by atoms with Gasteiger partial charge < -0.3 is 4.90 Å². The van der Waals surface area contributed by atoms with E-state index in [0.29, 0.717) is 6.42 Å². The minimum absolute atomic E-state index is 0.00908. The zero-order chi connectivity index (χ0) is 19.6. The Kier molecular flexibility index (Phi) is 5.56. The third kappa shape index (κ3) is 4.16. The number of likely N-dealkylation sites (N-methyl/N-ethyl adjacent to an activating group) is 1. The molecular weight excluding hydrogens is 353 g/mol. The summed E-state index contributed by atoms with van der Waals surface area (Å²) in [5.41, 5.74) is 3.06. The van der Waals surface area contributed by atoms with Gasteiger partial charge in [-0.2, -0.15) is 13.2 Å². The van der Waals surface area contributed by atoms with Gasteiger partial charge in [0.25, 0.3) is 0 Å². The predicted octanol–water partition coefficient (Wildman–Crippen LogP) is 4.37. The number of fused-ring (bicyclic) bond motifs is 1. The van der Waals surface area contributed by atoms with Crippen molar-refractivity contribution in [3.8, 4) is 0 Å². The van der Waals surface area contributed by atoms with Gasteiger partial charge in [0, 0.05) is 19.1 Å². The number of hydrogen-bond donors (Lipinski definition) is 0. The summed E-state index contributed by atoms with van der Waals surface area (Å²) in [6.45, 7) is 2.11. The number of alkyl halides is 3. The molecule has 0 N–H and O–H groups in total. The molecule has 2 atom stereocenters. The van der Waals surface area contributed by atoms with Crippen LogP contribution in [0.25, 0.3) is 0 Å². The normalized spacial score (nSPS) is 18.7. The Morgan fingerprint density at radius 3 is 2.41 bits per heavy atom. The van der Waals surface area contributed by atoms with Crippen molar-refractivity contribution in [2.75, 3.05) is 20.1 Å². The lowest BCUT2D eigenvalue weighted by Gasteiger charge is -2.36. The monoisotopic (exact) mass is 376 g/mol. The number of rotatable bonds is 3. The summed E-state index contributed by atoms with van der Waals surface area (Å²) in [5.74, 6) is -1.76. The fraction of sp³-hybridized carbons (Fsp3) is 0.381. The second-order valence-electron chi connectivity index (χ2n) is 6.97. The summed E-state index contributed by atoms with van der Waals surface area (Å²) < 4.78 is 39.1. The largest absolute Gasteiger partial charge is 0.471 e. The molecular formula is C21H23F3N2O. The lowest BCUT2D eigenvalue weighted by molar-refractivity contribution is -0.186. The van der Waals surface area contributed by atoms with Crippen LogP contribution in [0.4, 0.5) is 13.2 Å². The summed E-state index contributed by atoms with van der Waals surface area (Å²) in [5, 5.41) is 0. The highest BCUT2D eigenvalue weighted by Crippen LogP contribution is 2.34. The van der Waals surface area contributed by atoms with Crippen molar-refractivity contribution in [3.63, 3.8) is 0 Å². The van der Waals surface area contributed by atoms with Gasteiger partial charge in [-0.05, 0) is 37.1 Å². The Morgan fingerprint density at radius 1 is 1.11 bits per heavy atom. The lowest BCUT2D eigenvalue weighted by atomic mass is 9.96. The number of carbonyl (C=O) groups excluding carboxylic acids is 1. The van der Waals surface area contributed by atoms with E-state index in [0.717, 1.165) is 21.6 Å². The highest BCUT2D eigenvalue weighted by molar-refractivity contribution is 5.82. The van der Waals surface area contributed by atoms with Crippen molar-refractivity contribution in [2.24, 2.45) is 0 Å². The van der Waals surface area contributed by atoms with Crippen LogP contribution in [0.2, 0.25) is 0 Å². The molecule has 0 saturated heterocycles. The maximum atomic E-state index is 13.0. The molecule has 0 fully saturated rings. The summed E-state index contributed by atoms with van der Waals surface area (Å²) in [6.07, 6.45) is -4.44. The molecule has 6 heteroatoms. The highest BCUT2D eigenvalue weighted by Gasteiger charge is 2.44. The van der Waals surface area contributed by atoms with Crippen LogP contribution in [-0.4, -0.2) is 42.0 Å². The molecule has 1 amide bonds. The Labute approximate surface area is 157 Å². The first-order valence-corrected chi connectivity index (χ1v) is 9.00. The van der Waals surface area contributed by atoms with Crippen LogP contribution >= 0.6 is 0 Å². The highest BCUT2D eigenvalue weighted by atomic mass is 19.4. The van der Waals surface area contributed by atoms with E-state index in [-0.39, 0.29) is 25.2 Å². The van der Waals surface area contributed by atoms with Gasteiger partial charge in [-0.3, -0.25) is 9.69 Å². The van der Waals surface area contributed by atoms with Crippen molar-refractivity contribution in [1.82, 2.24) is 9.80 Å². The number of hydrogen-bond acceptors (Lipinski definition) is 2. The third-order valence-corrected chi connectivity index (χ3v) is 5.37. The third-order valence-electron chi connectivity index (χ3n) is 5.37. The number of carbonyl (C=O) groups is 1. The quantitative estimate of drug-likeness (QED) is 0.794. The maximum absolute atomic E-state index is 13.0. The number of benzene rings is 2. The van der Waals surface area contributed by atoms with Crippen LogP contribution in [0, 0.1) is 0 Å². The van der Waals surface area contributed by atoms with Crippen molar-refractivity contribution >= 4 is 5.91 Å². The maximum Gasteiger partial charge on any atom is 0.471 e. The molecule has 3 nitrogen and oxygen atoms in total. The molecule has 2 aromatic carbocycles. The van der Waals surface area contributed by atoms with Gasteiger partial charge in [0.2, 0.25) is 0 Å². The molecule has 0 spiro atoms. The van der Waals surface area contributed by atoms with Gasteiger partial charge in [0.1, 0.15) is 0 Å². The van der Waals surface area contributed by atoms with Crippen LogP contribution in [0.3, 0.4) is 0 Å². The van der Waals surface area contributed by atoms with Crippen LogP contribution in [0.5, 0.6) is 0 Å². The van der Waals surface area contributed by atoms with E-state index < -0.39 is 12.1 Å². The smallest absolute Gasteiger partial charge is 0.333 e. The first-order valence-electron chi connectivity index (χ1n) is 9.00. The Bertz CT molecular complexity index is 792. The van der Waals surface area contributed by atoms with Crippen molar-refractivity contribution in [3.05, 3.63) is 71.3 Å². The topological polar surface area (TPSA) is 23.6 Å². The predicted molar refractivity (Wildman–Crippen MR) is 98.1 cm³/mol. The molecule has 0 bridgehead atoms. The van der Waals surface area contributed by atoms with Gasteiger partial charge in [0.05, 0.1) is 6.04 Å². The second kappa shape index (κ2) is 7.72. The zero-order valence-electron chi connectivity index (χ0n) is 15.4. The molecule has 27 heavy (non-hydrogen) atoms. The van der Waals surface area contributed by atoms with Gasteiger partial charge in [-0.15, -0.1) is 0 Å². The average molecular weight is 376 g/mol. The van der Waals surface area contributed by atoms with Crippen LogP contribution in [0.15, 0.2) is 54.6 Å². The number of nitrogens with zero attached hydrogens (tertiary/aromatic N) is 2. The first-order chi connectivity index (χ1) is 12.8. The minimum Gasteiger partial charge on any atom is -0.333 e. The van der Waals surface area contributed by atoms with Crippen LogP contribution in [-0.2, 0) is 11.2 Å². The molecule has 0 aromatic heterocycles. The van der Waals surface area contributed by atoms with Gasteiger partial charge in [-0.25, -0.2) is 0 Å². The van der Waals surface area contributed by atoms with E-state index in [1.165, 1.54) is 0 Å². The fourth-order valence-electron chi connectivity index (χ4n) is 3.69. The molecule has 0 aliphatic carbocycles. The number of halogens is 3. The SMILES string of the molecule is CC(c1ccccc1)N(C)C1CN(C(=O)C(F)(F)F)CCc2ccccc21. The van der Waals surface area contributed by atoms with Crippen LogP contribution in [0.1, 0.15) is 35.7 Å². The molecule has 2 unspecified atom stereocenters. The standard InChI is InChI=1S/C21H23F3N2O/c1-15(16-8-4-3-5-9-16)25(2)19-14-26(20(27)21(22,23)24)13-12-17-10-6-7-11-18(17)19/h3-11,15,19H,12-14H2,1-2H3. The molecule has 1 aliphatic heterocycles. The van der Waals surface area contributed by atoms with E-state index in [9.17, 15) is 18.0 Å². The van der Waals surface area contributed by atoms with E-state index in [4.69, 9.17) is 0 Å². The summed E-state index contributed by atoms with van der Waals surface area (Å²) >= 11 is 0. The lowest BCUT2D eigenvalue weighted by Crippen LogP contribution is -2.45. The van der Waals surface area contributed by atoms with Gasteiger partial charge in [-0.1, -0.05) is 54.6 Å². The Balaban J connectivity index is 1.95. The van der Waals surface area contributed by atoms with E-state index in [2.05, 4.69) is 4.90 Å². The molecule has 0 radical (unpaired) electrons. The van der Waals surface area contributed by atoms with Crippen molar-refractivity contribution in [1.29, 1.82) is 0 Å². The molecule has 1 heterocycles. The number of amides is 1. The molecule has 3 rings (SSSR count). The second-order valence-corrected chi connectivity index (χ2v) is 6.97. The first kappa shape index (κ1) is 19.4. The Hall–Kier alpha value is -2.34. The van der Waals surface area contributed by atoms with E-state index >= 15 is 0 Å². The van der Waals surface area contributed by atoms with Gasteiger partial charge in [0.15, 0.2) is 0 Å². The summed E-state index contributed by atoms with van der Waals surface area (Å²) in [6, 6.07) is 17.2. The molecule has 2 aromatic rings.